The fraction of sp³-hybridized carbons (Fsp3) is 0.0526. The van der Waals surface area contributed by atoms with Crippen molar-refractivity contribution in [2.24, 2.45) is 5.73 Å². The van der Waals surface area contributed by atoms with Gasteiger partial charge in [-0.15, -0.1) is 11.3 Å². The van der Waals surface area contributed by atoms with Crippen LogP contribution in [-0.4, -0.2) is 20.1 Å². The number of benzene rings is 1. The van der Waals surface area contributed by atoms with Crippen molar-refractivity contribution in [3.63, 3.8) is 0 Å². The zero-order chi connectivity index (χ0) is 17.5. The number of fused-ring (bicyclic) bond motifs is 2. The van der Waals surface area contributed by atoms with E-state index < -0.39 is 6.04 Å². The minimum absolute atomic E-state index is 0.423. The third-order valence-corrected chi connectivity index (χ3v) is 4.95. The predicted octanol–water partition coefficient (Wildman–Crippen LogP) is 3.94. The first-order chi connectivity index (χ1) is 12.8. The average molecular weight is 359 g/mol. The van der Waals surface area contributed by atoms with Crippen LogP contribution < -0.4 is 5.73 Å². The van der Waals surface area contributed by atoms with E-state index in [2.05, 4.69) is 20.1 Å². The van der Waals surface area contributed by atoms with Crippen LogP contribution in [0.25, 0.3) is 33.3 Å². The van der Waals surface area contributed by atoms with Gasteiger partial charge in [0.1, 0.15) is 5.69 Å². The molecule has 6 nitrogen and oxygen atoms in total. The largest absolute Gasteiger partial charge is 0.335 e. The number of nitrogens with two attached hydrogens (primary N) is 1. The van der Waals surface area contributed by atoms with Crippen molar-refractivity contribution in [1.82, 2.24) is 20.1 Å². The fourth-order valence-electron chi connectivity index (χ4n) is 3.01. The van der Waals surface area contributed by atoms with Crippen molar-refractivity contribution in [1.29, 1.82) is 0 Å². The van der Waals surface area contributed by atoms with Gasteiger partial charge in [0.15, 0.2) is 0 Å². The van der Waals surface area contributed by atoms with Gasteiger partial charge in [-0.25, -0.2) is 9.97 Å². The van der Waals surface area contributed by atoms with Crippen LogP contribution in [-0.2, 0) is 0 Å². The van der Waals surface area contributed by atoms with Crippen LogP contribution in [0.1, 0.15) is 17.3 Å². The molecule has 1 aromatic carbocycles. The molecule has 0 bridgehead atoms. The van der Waals surface area contributed by atoms with Gasteiger partial charge in [-0.05, 0) is 29.8 Å². The quantitative estimate of drug-likeness (QED) is 0.525. The Balaban J connectivity index is 1.61. The summed E-state index contributed by atoms with van der Waals surface area (Å²) in [6, 6.07) is 11.4. The van der Waals surface area contributed by atoms with Crippen LogP contribution in [0.3, 0.4) is 0 Å². The molecule has 4 aromatic heterocycles. The molecule has 0 saturated heterocycles. The van der Waals surface area contributed by atoms with Gasteiger partial charge < -0.3 is 10.3 Å². The lowest BCUT2D eigenvalue weighted by Crippen LogP contribution is -2.12. The van der Waals surface area contributed by atoms with E-state index in [0.29, 0.717) is 11.4 Å². The topological polar surface area (TPSA) is 90.7 Å². The van der Waals surface area contributed by atoms with E-state index >= 15 is 0 Å². The van der Waals surface area contributed by atoms with Gasteiger partial charge in [-0.3, -0.25) is 4.98 Å². The number of rotatable bonds is 3. The molecule has 5 rings (SSSR count). The maximum atomic E-state index is 6.50. The summed E-state index contributed by atoms with van der Waals surface area (Å²) in [5.41, 5.74) is 13.1. The number of aromatic nitrogens is 4. The Labute approximate surface area is 152 Å². The lowest BCUT2D eigenvalue weighted by atomic mass is 10.00. The third-order valence-electron chi connectivity index (χ3n) is 4.37. The van der Waals surface area contributed by atoms with E-state index in [1.54, 1.807) is 29.2 Å². The lowest BCUT2D eigenvalue weighted by molar-refractivity contribution is 0.435. The molecule has 0 aliphatic carbocycles. The molecule has 0 aliphatic heterocycles. The van der Waals surface area contributed by atoms with Gasteiger partial charge in [0.05, 0.1) is 28.1 Å². The highest BCUT2D eigenvalue weighted by molar-refractivity contribution is 7.07. The molecular formula is C19H13N5OS. The summed E-state index contributed by atoms with van der Waals surface area (Å²) in [6.45, 7) is 0. The SMILES string of the molecule is NC(c1ccc2ncccc2c1)c1noc2ncc(-c3cscn3)cc12. The van der Waals surface area contributed by atoms with Crippen LogP contribution in [0, 0.1) is 0 Å². The van der Waals surface area contributed by atoms with E-state index in [0.717, 1.165) is 33.1 Å². The molecule has 1 unspecified atom stereocenters. The molecule has 4 heterocycles. The summed E-state index contributed by atoms with van der Waals surface area (Å²) >= 11 is 1.54. The number of nitrogens with zero attached hydrogens (tertiary/aromatic N) is 4. The maximum absolute atomic E-state index is 6.50. The van der Waals surface area contributed by atoms with Crippen LogP contribution in [0.4, 0.5) is 0 Å². The third kappa shape index (κ3) is 2.45. The number of pyridine rings is 2. The van der Waals surface area contributed by atoms with Gasteiger partial charge in [0.25, 0.3) is 5.71 Å². The zero-order valence-electron chi connectivity index (χ0n) is 13.5. The van der Waals surface area contributed by atoms with Crippen LogP contribution in [0.5, 0.6) is 0 Å². The van der Waals surface area contributed by atoms with Crippen molar-refractivity contribution < 1.29 is 4.52 Å². The molecule has 0 amide bonds. The van der Waals surface area contributed by atoms with Crippen LogP contribution in [0.2, 0.25) is 0 Å². The van der Waals surface area contributed by atoms with Gasteiger partial charge in [0.2, 0.25) is 0 Å². The summed E-state index contributed by atoms with van der Waals surface area (Å²) in [5, 5.41) is 7.99. The summed E-state index contributed by atoms with van der Waals surface area (Å²) in [7, 11) is 0. The molecule has 0 saturated carbocycles. The summed E-state index contributed by atoms with van der Waals surface area (Å²) in [4.78, 5) is 13.0. The second kappa shape index (κ2) is 5.98. The summed E-state index contributed by atoms with van der Waals surface area (Å²) < 4.78 is 5.38. The first-order valence-electron chi connectivity index (χ1n) is 8.04. The minimum Gasteiger partial charge on any atom is -0.335 e. The highest BCUT2D eigenvalue weighted by Crippen LogP contribution is 2.30. The van der Waals surface area contributed by atoms with Crippen LogP contribution >= 0.6 is 11.3 Å². The molecule has 126 valence electrons. The first-order valence-corrected chi connectivity index (χ1v) is 8.98. The molecule has 7 heteroatoms. The van der Waals surface area contributed by atoms with Crippen molar-refractivity contribution in [2.75, 3.05) is 0 Å². The molecule has 1 atom stereocenters. The van der Waals surface area contributed by atoms with Crippen molar-refractivity contribution in [3.8, 4) is 11.3 Å². The van der Waals surface area contributed by atoms with E-state index in [1.807, 2.05) is 41.8 Å². The standard InChI is InChI=1S/C19H13N5OS/c20-17(12-3-4-15-11(6-12)2-1-5-21-15)18-14-7-13(16-9-26-10-23-16)8-22-19(14)25-24-18/h1-10,17H,20H2. The van der Waals surface area contributed by atoms with Gasteiger partial charge >= 0.3 is 0 Å². The molecule has 0 fully saturated rings. The molecule has 0 radical (unpaired) electrons. The van der Waals surface area contributed by atoms with E-state index in [4.69, 9.17) is 10.3 Å². The Hall–Kier alpha value is -3.16. The second-order valence-corrected chi connectivity index (χ2v) is 6.67. The maximum Gasteiger partial charge on any atom is 0.258 e. The Bertz CT molecular complexity index is 1220. The Morgan fingerprint density at radius 3 is 2.92 bits per heavy atom. The van der Waals surface area contributed by atoms with Crippen LogP contribution in [0.15, 0.2) is 64.2 Å². The Kier molecular flexibility index (Phi) is 3.48. The molecule has 26 heavy (non-hydrogen) atoms. The smallest absolute Gasteiger partial charge is 0.258 e. The van der Waals surface area contributed by atoms with E-state index in [-0.39, 0.29) is 0 Å². The van der Waals surface area contributed by atoms with Gasteiger partial charge in [-0.2, -0.15) is 0 Å². The highest BCUT2D eigenvalue weighted by atomic mass is 32.1. The molecule has 5 aromatic rings. The number of hydrogen-bond donors (Lipinski definition) is 1. The monoisotopic (exact) mass is 359 g/mol. The summed E-state index contributed by atoms with van der Waals surface area (Å²) in [5.74, 6) is 0. The van der Waals surface area contributed by atoms with Crippen molar-refractivity contribution in [3.05, 3.63) is 70.9 Å². The number of thiazole rings is 1. The average Bonchev–Trinajstić information content (AvgIpc) is 3.36. The van der Waals surface area contributed by atoms with Gasteiger partial charge in [0, 0.05) is 28.7 Å². The van der Waals surface area contributed by atoms with Crippen molar-refractivity contribution in [2.45, 2.75) is 6.04 Å². The Morgan fingerprint density at radius 2 is 2.04 bits per heavy atom. The Morgan fingerprint density at radius 1 is 1.08 bits per heavy atom. The molecule has 0 spiro atoms. The van der Waals surface area contributed by atoms with E-state index in [1.165, 1.54) is 0 Å². The first kappa shape index (κ1) is 15.1. The molecule has 2 N–H and O–H groups in total. The lowest BCUT2D eigenvalue weighted by Gasteiger charge is -2.10. The predicted molar refractivity (Wildman–Crippen MR) is 101 cm³/mol. The zero-order valence-corrected chi connectivity index (χ0v) is 14.4. The second-order valence-electron chi connectivity index (χ2n) is 5.95. The highest BCUT2D eigenvalue weighted by Gasteiger charge is 2.19. The fourth-order valence-corrected chi connectivity index (χ4v) is 3.58. The summed E-state index contributed by atoms with van der Waals surface area (Å²) in [6.07, 6.45) is 3.51. The van der Waals surface area contributed by atoms with Crippen molar-refractivity contribution >= 4 is 33.3 Å². The normalized spacial score (nSPS) is 12.7. The molecule has 0 aliphatic rings. The van der Waals surface area contributed by atoms with Gasteiger partial charge in [-0.1, -0.05) is 17.3 Å². The van der Waals surface area contributed by atoms with E-state index in [9.17, 15) is 0 Å². The number of hydrogen-bond acceptors (Lipinski definition) is 7. The molecular weight excluding hydrogens is 346 g/mol. The minimum atomic E-state index is -0.423.